The third-order valence-corrected chi connectivity index (χ3v) is 19.5. The Morgan fingerprint density at radius 2 is 0.615 bits per heavy atom. The van der Waals surface area contributed by atoms with Crippen LogP contribution in [0.15, 0.2) is 24.3 Å². The molecule has 0 heterocycles. The van der Waals surface area contributed by atoms with E-state index in [9.17, 15) is 43.2 Å². The molecule has 17 nitrogen and oxygen atoms in total. The normalized spacial score (nSPS) is 14.5. The van der Waals surface area contributed by atoms with Gasteiger partial charge in [-0.1, -0.05) is 317 Å². The lowest BCUT2D eigenvalue weighted by Crippen LogP contribution is -2.30. The molecular weight excluding hydrogens is 1260 g/mol. The van der Waals surface area contributed by atoms with Crippen molar-refractivity contribution in [1.29, 1.82) is 0 Å². The number of carbonyl (C=O) groups is 4. The van der Waals surface area contributed by atoms with Crippen molar-refractivity contribution in [3.8, 4) is 0 Å². The van der Waals surface area contributed by atoms with Gasteiger partial charge in [-0.2, -0.15) is 0 Å². The molecule has 566 valence electrons. The molecule has 0 aromatic carbocycles. The summed E-state index contributed by atoms with van der Waals surface area (Å²) in [4.78, 5) is 72.7. The zero-order chi connectivity index (χ0) is 70.9. The lowest BCUT2D eigenvalue weighted by Gasteiger charge is -2.21. The molecule has 0 saturated heterocycles. The van der Waals surface area contributed by atoms with Gasteiger partial charge in [0.25, 0.3) is 0 Å². The molecule has 0 amide bonds. The maximum atomic E-state index is 13.1. The highest BCUT2D eigenvalue weighted by Gasteiger charge is 2.30. The number of allylic oxidation sites excluding steroid dienone is 4. The lowest BCUT2D eigenvalue weighted by atomic mass is 9.99. The van der Waals surface area contributed by atoms with Crippen molar-refractivity contribution >= 4 is 39.5 Å². The van der Waals surface area contributed by atoms with E-state index in [0.717, 1.165) is 115 Å². The van der Waals surface area contributed by atoms with Crippen molar-refractivity contribution in [3.63, 3.8) is 0 Å². The lowest BCUT2D eigenvalue weighted by molar-refractivity contribution is -0.161. The SMILES string of the molecule is CCCCCC/C=C\C=C/CCCCCCCC(=O)O[C@H](COC(=O)CCCCCCCCC(C)C)COP(=O)(O)OC[C@H](O)COP(=O)(O)OC[C@@H](COC(=O)CCCCCCCCCCCCCCCCCCCCC(C)CC)OC(=O)CCCCCCCCCC(C)C. The number of ether oxygens (including phenoxy) is 4. The van der Waals surface area contributed by atoms with Gasteiger partial charge >= 0.3 is 39.5 Å². The summed E-state index contributed by atoms with van der Waals surface area (Å²) >= 11 is 0. The minimum absolute atomic E-state index is 0.0836. The van der Waals surface area contributed by atoms with Crippen LogP contribution >= 0.6 is 15.6 Å². The van der Waals surface area contributed by atoms with Crippen molar-refractivity contribution < 1.29 is 80.2 Å². The average molecular weight is 1410 g/mol. The maximum absolute atomic E-state index is 13.1. The molecule has 0 aliphatic carbocycles. The predicted molar refractivity (Wildman–Crippen MR) is 390 cm³/mol. The first-order chi connectivity index (χ1) is 46.3. The van der Waals surface area contributed by atoms with Crippen LogP contribution in [0.25, 0.3) is 0 Å². The first kappa shape index (κ1) is 93.5. The maximum Gasteiger partial charge on any atom is 0.472 e. The summed E-state index contributed by atoms with van der Waals surface area (Å²) in [6, 6.07) is 0. The standard InChI is InChI=1S/C77H146O17P2/c1-8-10-11-12-13-14-15-16-21-26-29-32-37-46-53-60-76(81)93-73(65-88-75(80)59-52-45-40-39-42-49-56-69(5)6)67-92-96(85,86)90-63-71(78)62-89-95(83,84)91-66-72(94-77(82)61-54-47-38-33-34-41-48-55-68(3)4)64-87-74(79)58-51-44-36-31-28-25-23-20-18-17-19-22-24-27-30-35-43-50-57-70(7)9-2/h14-16,21,68-73,78H,8-13,17-20,22-67H2,1-7H3,(H,83,84)(H,85,86)/b15-14-,21-16-/t70?,71-,72-,73-/m1/s1. The molecule has 0 rings (SSSR count). The molecule has 6 atom stereocenters. The molecule has 0 spiro atoms. The van der Waals surface area contributed by atoms with Crippen molar-refractivity contribution in [3.05, 3.63) is 24.3 Å². The molecule has 0 bridgehead atoms. The van der Waals surface area contributed by atoms with E-state index in [0.29, 0.717) is 37.5 Å². The second kappa shape index (κ2) is 67.1. The summed E-state index contributed by atoms with van der Waals surface area (Å²) in [6.45, 7) is 11.7. The molecule has 0 saturated carbocycles. The Bertz CT molecular complexity index is 1970. The van der Waals surface area contributed by atoms with E-state index < -0.39 is 97.5 Å². The summed E-state index contributed by atoms with van der Waals surface area (Å²) in [5.74, 6) is 0.0886. The number of aliphatic hydroxyl groups excluding tert-OH is 1. The number of esters is 4. The van der Waals surface area contributed by atoms with Gasteiger partial charge in [0.15, 0.2) is 12.2 Å². The molecule has 0 aromatic rings. The number of rotatable bonds is 73. The van der Waals surface area contributed by atoms with Crippen LogP contribution in [-0.2, 0) is 65.4 Å². The van der Waals surface area contributed by atoms with E-state index >= 15 is 0 Å². The molecule has 0 aliphatic heterocycles. The third kappa shape index (κ3) is 68.7. The predicted octanol–water partition coefficient (Wildman–Crippen LogP) is 22.1. The van der Waals surface area contributed by atoms with E-state index in [4.69, 9.17) is 37.0 Å². The van der Waals surface area contributed by atoms with Gasteiger partial charge in [-0.05, 0) is 69.1 Å². The largest absolute Gasteiger partial charge is 0.472 e. The average Bonchev–Trinajstić information content (AvgIpc) is 1.36. The van der Waals surface area contributed by atoms with Crippen LogP contribution in [0.3, 0.4) is 0 Å². The van der Waals surface area contributed by atoms with E-state index in [1.54, 1.807) is 0 Å². The highest BCUT2D eigenvalue weighted by Crippen LogP contribution is 2.45. The first-order valence-corrected chi connectivity index (χ1v) is 42.2. The van der Waals surface area contributed by atoms with Gasteiger partial charge in [-0.3, -0.25) is 37.3 Å². The topological polar surface area (TPSA) is 237 Å². The highest BCUT2D eigenvalue weighted by molar-refractivity contribution is 7.47. The Morgan fingerprint density at radius 1 is 0.344 bits per heavy atom. The van der Waals surface area contributed by atoms with Crippen molar-refractivity contribution in [2.45, 2.75) is 388 Å². The zero-order valence-corrected chi connectivity index (χ0v) is 64.1. The highest BCUT2D eigenvalue weighted by atomic mass is 31.2. The molecular formula is C77H146O17P2. The van der Waals surface area contributed by atoms with E-state index in [1.165, 1.54) is 161 Å². The fourth-order valence-corrected chi connectivity index (χ4v) is 12.8. The van der Waals surface area contributed by atoms with Crippen molar-refractivity contribution in [1.82, 2.24) is 0 Å². The molecule has 0 aromatic heterocycles. The summed E-state index contributed by atoms with van der Waals surface area (Å²) in [5, 5.41) is 10.6. The fraction of sp³-hybridized carbons (Fsp3) is 0.896. The molecule has 0 fully saturated rings. The smallest absolute Gasteiger partial charge is 0.462 e. The van der Waals surface area contributed by atoms with Gasteiger partial charge < -0.3 is 33.8 Å². The monoisotopic (exact) mass is 1410 g/mol. The number of aliphatic hydroxyl groups is 1. The van der Waals surface area contributed by atoms with Crippen molar-refractivity contribution in [2.24, 2.45) is 17.8 Å². The number of phosphoric ester groups is 2. The van der Waals surface area contributed by atoms with Gasteiger partial charge in [0.05, 0.1) is 26.4 Å². The number of carbonyl (C=O) groups excluding carboxylic acids is 4. The Balaban J connectivity index is 5.15. The van der Waals surface area contributed by atoms with E-state index in [2.05, 4.69) is 72.8 Å². The van der Waals surface area contributed by atoms with Crippen LogP contribution in [0.5, 0.6) is 0 Å². The molecule has 0 radical (unpaired) electrons. The zero-order valence-electron chi connectivity index (χ0n) is 62.3. The van der Waals surface area contributed by atoms with Gasteiger partial charge in [0.1, 0.15) is 19.3 Å². The second-order valence-corrected chi connectivity index (χ2v) is 31.2. The fourth-order valence-electron chi connectivity index (χ4n) is 11.2. The van der Waals surface area contributed by atoms with Crippen LogP contribution in [0.4, 0.5) is 0 Å². The summed E-state index contributed by atoms with van der Waals surface area (Å²) in [6.07, 6.45) is 56.7. The number of hydrogen-bond donors (Lipinski definition) is 3. The van der Waals surface area contributed by atoms with Crippen LogP contribution < -0.4 is 0 Å². The van der Waals surface area contributed by atoms with Crippen molar-refractivity contribution in [2.75, 3.05) is 39.6 Å². The summed E-state index contributed by atoms with van der Waals surface area (Å²) in [5.41, 5.74) is 0. The third-order valence-electron chi connectivity index (χ3n) is 17.6. The number of hydrogen-bond acceptors (Lipinski definition) is 15. The van der Waals surface area contributed by atoms with Crippen LogP contribution in [0, 0.1) is 17.8 Å². The van der Waals surface area contributed by atoms with E-state index in [-0.39, 0.29) is 25.7 Å². The van der Waals surface area contributed by atoms with E-state index in [1.807, 2.05) is 0 Å². The molecule has 3 N–H and O–H groups in total. The molecule has 3 unspecified atom stereocenters. The molecule has 19 heteroatoms. The first-order valence-electron chi connectivity index (χ1n) is 39.2. The molecule has 0 aliphatic rings. The Kier molecular flexibility index (Phi) is 65.3. The minimum atomic E-state index is -4.96. The van der Waals surface area contributed by atoms with Gasteiger partial charge in [-0.25, -0.2) is 9.13 Å². The van der Waals surface area contributed by atoms with Crippen LogP contribution in [-0.4, -0.2) is 96.7 Å². The van der Waals surface area contributed by atoms with Crippen LogP contribution in [0.1, 0.15) is 370 Å². The minimum Gasteiger partial charge on any atom is -0.462 e. The second-order valence-electron chi connectivity index (χ2n) is 28.3. The van der Waals surface area contributed by atoms with Crippen LogP contribution in [0.2, 0.25) is 0 Å². The summed E-state index contributed by atoms with van der Waals surface area (Å²) < 4.78 is 68.4. The number of unbranched alkanes of at least 4 members (excludes halogenated alkanes) is 37. The van der Waals surface area contributed by atoms with Gasteiger partial charge in [-0.15, -0.1) is 0 Å². The Hall–Kier alpha value is -2.46. The summed E-state index contributed by atoms with van der Waals surface area (Å²) in [7, 11) is -9.92. The molecule has 96 heavy (non-hydrogen) atoms. The number of phosphoric acid groups is 2. The Morgan fingerprint density at radius 3 is 0.927 bits per heavy atom. The quantitative estimate of drug-likeness (QED) is 0.0169. The Labute approximate surface area is 586 Å². The van der Waals surface area contributed by atoms with Gasteiger partial charge in [0.2, 0.25) is 0 Å². The van der Waals surface area contributed by atoms with Gasteiger partial charge in [0, 0.05) is 25.7 Å².